The van der Waals surface area contributed by atoms with Gasteiger partial charge in [0.25, 0.3) is 0 Å². The van der Waals surface area contributed by atoms with E-state index in [9.17, 15) is 35.9 Å². The second kappa shape index (κ2) is 8.04. The van der Waals surface area contributed by atoms with Gasteiger partial charge < -0.3 is 19.9 Å². The standard InChI is InChI=1S/C20H18F6N4O3/c1-33-18(32)16-17-14-5-10(30(17)19(28-16)20(24,25)26)7-29(14)15(31)4-9(27)2-8-3-12(22)13(23)6-11(8)21/h3,6,9-10,14H,2,4-5,7,27H2,1H3. The first kappa shape index (κ1) is 23.1. The largest absolute Gasteiger partial charge is 0.464 e. The zero-order chi connectivity index (χ0) is 24.2. The first-order valence-electron chi connectivity index (χ1n) is 9.88. The molecule has 2 aromatic rings. The van der Waals surface area contributed by atoms with Crippen LogP contribution in [0.15, 0.2) is 12.1 Å². The molecule has 2 bridgehead atoms. The smallest absolute Gasteiger partial charge is 0.449 e. The van der Waals surface area contributed by atoms with Crippen molar-refractivity contribution >= 4 is 11.9 Å². The normalized spacial score (nSPS) is 20.2. The van der Waals surface area contributed by atoms with Gasteiger partial charge in [-0.2, -0.15) is 13.2 Å². The topological polar surface area (TPSA) is 90.5 Å². The summed E-state index contributed by atoms with van der Waals surface area (Å²) in [6.45, 7) is -0.0528. The molecule has 1 fully saturated rings. The minimum Gasteiger partial charge on any atom is -0.464 e. The summed E-state index contributed by atoms with van der Waals surface area (Å²) in [6.07, 6.45) is -5.24. The summed E-state index contributed by atoms with van der Waals surface area (Å²) in [5.41, 5.74) is 5.14. The van der Waals surface area contributed by atoms with Crippen LogP contribution in [0.4, 0.5) is 26.3 Å². The van der Waals surface area contributed by atoms with E-state index in [1.807, 2.05) is 0 Å². The molecular formula is C20H18F6N4O3. The minimum absolute atomic E-state index is 0.0528. The molecule has 2 N–H and O–H groups in total. The first-order chi connectivity index (χ1) is 15.4. The number of nitrogens with zero attached hydrogens (tertiary/aromatic N) is 3. The average molecular weight is 476 g/mol. The van der Waals surface area contributed by atoms with Crippen LogP contribution in [0.25, 0.3) is 0 Å². The van der Waals surface area contributed by atoms with Crippen LogP contribution in [0.1, 0.15) is 52.5 Å². The fourth-order valence-electron chi connectivity index (χ4n) is 4.53. The van der Waals surface area contributed by atoms with Crippen LogP contribution in [0.3, 0.4) is 0 Å². The van der Waals surface area contributed by atoms with Gasteiger partial charge in [0.05, 0.1) is 24.9 Å². The molecule has 0 saturated carbocycles. The van der Waals surface area contributed by atoms with Crippen molar-refractivity contribution in [2.75, 3.05) is 13.7 Å². The van der Waals surface area contributed by atoms with Crippen LogP contribution in [0.5, 0.6) is 0 Å². The van der Waals surface area contributed by atoms with Crippen LogP contribution >= 0.6 is 0 Å². The number of hydrogen-bond acceptors (Lipinski definition) is 5. The second-order valence-corrected chi connectivity index (χ2v) is 8.01. The van der Waals surface area contributed by atoms with Gasteiger partial charge in [0.15, 0.2) is 17.3 Å². The van der Waals surface area contributed by atoms with E-state index in [4.69, 9.17) is 5.73 Å². The Labute approximate surface area is 183 Å². The summed E-state index contributed by atoms with van der Waals surface area (Å²) in [5, 5.41) is 0. The number of nitrogens with two attached hydrogens (primary N) is 1. The summed E-state index contributed by atoms with van der Waals surface area (Å²) < 4.78 is 86.2. The number of esters is 1. The molecule has 13 heteroatoms. The Hall–Kier alpha value is -3.09. The molecule has 0 radical (unpaired) electrons. The lowest BCUT2D eigenvalue weighted by molar-refractivity contribution is -0.148. The van der Waals surface area contributed by atoms with E-state index in [1.165, 1.54) is 4.90 Å². The molecule has 7 nitrogen and oxygen atoms in total. The number of rotatable bonds is 5. The summed E-state index contributed by atoms with van der Waals surface area (Å²) in [4.78, 5) is 29.6. The van der Waals surface area contributed by atoms with Gasteiger partial charge in [0, 0.05) is 25.1 Å². The number of likely N-dealkylation sites (tertiary alicyclic amines) is 1. The minimum atomic E-state index is -4.81. The molecular weight excluding hydrogens is 458 g/mol. The van der Waals surface area contributed by atoms with E-state index in [0.717, 1.165) is 11.7 Å². The summed E-state index contributed by atoms with van der Waals surface area (Å²) in [7, 11) is 1.01. The number of fused-ring (bicyclic) bond motifs is 5. The Morgan fingerprint density at radius 2 is 1.88 bits per heavy atom. The number of carbonyl (C=O) groups is 2. The molecule has 1 amide bonds. The van der Waals surface area contributed by atoms with E-state index in [2.05, 4.69) is 9.72 Å². The van der Waals surface area contributed by atoms with Crippen LogP contribution in [-0.2, 0) is 22.1 Å². The molecule has 1 aromatic heterocycles. The maximum Gasteiger partial charge on any atom is 0.449 e. The highest BCUT2D eigenvalue weighted by atomic mass is 19.4. The Balaban J connectivity index is 1.54. The van der Waals surface area contributed by atoms with Gasteiger partial charge in [0.2, 0.25) is 11.7 Å². The molecule has 0 spiro atoms. The molecule has 1 saturated heterocycles. The van der Waals surface area contributed by atoms with Crippen LogP contribution < -0.4 is 5.73 Å². The van der Waals surface area contributed by atoms with Gasteiger partial charge in [0.1, 0.15) is 5.82 Å². The Morgan fingerprint density at radius 1 is 1.21 bits per heavy atom. The predicted octanol–water partition coefficient (Wildman–Crippen LogP) is 2.89. The number of carbonyl (C=O) groups excluding carboxylic acids is 2. The van der Waals surface area contributed by atoms with Crippen molar-refractivity contribution in [1.29, 1.82) is 0 Å². The maximum atomic E-state index is 13.9. The van der Waals surface area contributed by atoms with Crippen molar-refractivity contribution in [3.8, 4) is 0 Å². The molecule has 2 aliphatic heterocycles. The summed E-state index contributed by atoms with van der Waals surface area (Å²) >= 11 is 0. The molecule has 3 heterocycles. The lowest BCUT2D eigenvalue weighted by Crippen LogP contribution is -2.40. The van der Waals surface area contributed by atoms with Crippen LogP contribution in [0, 0.1) is 17.5 Å². The van der Waals surface area contributed by atoms with Gasteiger partial charge >= 0.3 is 12.1 Å². The molecule has 4 rings (SSSR count). The number of methoxy groups -OCH3 is 1. The van der Waals surface area contributed by atoms with Gasteiger partial charge in [-0.1, -0.05) is 0 Å². The van der Waals surface area contributed by atoms with Crippen molar-refractivity contribution < 1.29 is 40.7 Å². The van der Waals surface area contributed by atoms with E-state index in [0.29, 0.717) is 12.1 Å². The maximum absolute atomic E-state index is 13.9. The van der Waals surface area contributed by atoms with Crippen molar-refractivity contribution in [3.05, 3.63) is 52.4 Å². The lowest BCUT2D eigenvalue weighted by atomic mass is 10.0. The second-order valence-electron chi connectivity index (χ2n) is 8.01. The highest BCUT2D eigenvalue weighted by Crippen LogP contribution is 2.50. The SMILES string of the molecule is COC(=O)c1nc(C(F)(F)F)n2c1C1CC2CN1C(=O)CC(N)Cc1cc(F)c(F)cc1F. The van der Waals surface area contributed by atoms with Crippen molar-refractivity contribution in [2.24, 2.45) is 5.73 Å². The van der Waals surface area contributed by atoms with Crippen LogP contribution in [0.2, 0.25) is 0 Å². The van der Waals surface area contributed by atoms with E-state index in [-0.39, 0.29) is 37.1 Å². The highest BCUT2D eigenvalue weighted by molar-refractivity contribution is 5.89. The monoisotopic (exact) mass is 476 g/mol. The fourth-order valence-corrected chi connectivity index (χ4v) is 4.53. The van der Waals surface area contributed by atoms with Gasteiger partial charge in [-0.15, -0.1) is 0 Å². The molecule has 3 atom stereocenters. The van der Waals surface area contributed by atoms with Crippen LogP contribution in [-0.4, -0.2) is 46.0 Å². The Kier molecular flexibility index (Phi) is 5.63. The molecule has 0 aliphatic carbocycles. The summed E-state index contributed by atoms with van der Waals surface area (Å²) in [5.74, 6) is -6.45. The van der Waals surface area contributed by atoms with E-state index >= 15 is 0 Å². The third-order valence-corrected chi connectivity index (χ3v) is 5.87. The number of ether oxygens (including phenoxy) is 1. The number of imidazole rings is 1. The number of amides is 1. The zero-order valence-electron chi connectivity index (χ0n) is 17.1. The van der Waals surface area contributed by atoms with E-state index in [1.54, 1.807) is 0 Å². The van der Waals surface area contributed by atoms with Gasteiger partial charge in [-0.3, -0.25) is 4.79 Å². The summed E-state index contributed by atoms with van der Waals surface area (Å²) in [6, 6.07) is -1.51. The molecule has 1 aromatic carbocycles. The number of aromatic nitrogens is 2. The quantitative estimate of drug-likeness (QED) is 0.407. The van der Waals surface area contributed by atoms with Crippen molar-refractivity contribution in [1.82, 2.24) is 14.5 Å². The molecule has 33 heavy (non-hydrogen) atoms. The third-order valence-electron chi connectivity index (χ3n) is 5.87. The van der Waals surface area contributed by atoms with E-state index < -0.39 is 65.1 Å². The van der Waals surface area contributed by atoms with Crippen molar-refractivity contribution in [2.45, 2.75) is 43.6 Å². The first-order valence-corrected chi connectivity index (χ1v) is 9.88. The van der Waals surface area contributed by atoms with Gasteiger partial charge in [-0.25, -0.2) is 22.9 Å². The number of hydrogen-bond donors (Lipinski definition) is 1. The zero-order valence-corrected chi connectivity index (χ0v) is 17.1. The van der Waals surface area contributed by atoms with Crippen molar-refractivity contribution in [3.63, 3.8) is 0 Å². The number of benzene rings is 1. The fraction of sp³-hybridized carbons (Fsp3) is 0.450. The lowest BCUT2D eigenvalue weighted by Gasteiger charge is -2.30. The average Bonchev–Trinajstić information content (AvgIpc) is 3.41. The Morgan fingerprint density at radius 3 is 2.52 bits per heavy atom. The molecule has 3 unspecified atom stereocenters. The number of alkyl halides is 3. The highest BCUT2D eigenvalue weighted by Gasteiger charge is 2.53. The molecule has 2 aliphatic rings. The molecule has 178 valence electrons. The number of halogens is 6. The van der Waals surface area contributed by atoms with Gasteiger partial charge in [-0.05, 0) is 24.5 Å². The Bertz CT molecular complexity index is 1130. The predicted molar refractivity (Wildman–Crippen MR) is 99.3 cm³/mol. The third kappa shape index (κ3) is 3.94.